The second-order valence-corrected chi connectivity index (χ2v) is 7.56. The van der Waals surface area contributed by atoms with Crippen molar-refractivity contribution in [1.29, 1.82) is 0 Å². The fourth-order valence-corrected chi connectivity index (χ4v) is 3.71. The van der Waals surface area contributed by atoms with Gasteiger partial charge in [-0.1, -0.05) is 48.5 Å². The van der Waals surface area contributed by atoms with Crippen LogP contribution in [0.5, 0.6) is 0 Å². The molecule has 3 aromatic rings. The van der Waals surface area contributed by atoms with Crippen LogP contribution in [0.25, 0.3) is 11.1 Å². The number of carbonyl (C=O) groups is 3. The predicted molar refractivity (Wildman–Crippen MR) is 121 cm³/mol. The molecular weight excluding hydrogens is 424 g/mol. The van der Waals surface area contributed by atoms with Gasteiger partial charge in [-0.05, 0) is 53.4 Å². The fraction of sp³-hybridized carbons (Fsp3) is 0.160. The van der Waals surface area contributed by atoms with Crippen molar-refractivity contribution in [3.05, 3.63) is 89.5 Å². The van der Waals surface area contributed by atoms with Crippen LogP contribution in [-0.2, 0) is 14.4 Å². The maximum atomic E-state index is 12.4. The first-order valence-corrected chi connectivity index (χ1v) is 10.3. The maximum Gasteiger partial charge on any atom is 0.411 e. The Morgan fingerprint density at radius 3 is 2.06 bits per heavy atom. The Labute approximate surface area is 190 Å². The summed E-state index contributed by atoms with van der Waals surface area (Å²) in [6.45, 7) is 1.49. The summed E-state index contributed by atoms with van der Waals surface area (Å²) in [6, 6.07) is 22.2. The van der Waals surface area contributed by atoms with Gasteiger partial charge in [-0.25, -0.2) is 15.1 Å². The van der Waals surface area contributed by atoms with Gasteiger partial charge < -0.3 is 9.84 Å². The van der Waals surface area contributed by atoms with Crippen LogP contribution in [0, 0.1) is 0 Å². The summed E-state index contributed by atoms with van der Waals surface area (Å²) in [7, 11) is 0. The van der Waals surface area contributed by atoms with Crippen molar-refractivity contribution in [2.45, 2.75) is 18.9 Å². The monoisotopic (exact) mass is 446 g/mol. The van der Waals surface area contributed by atoms with Gasteiger partial charge in [0.2, 0.25) is 0 Å². The number of carbonyl (C=O) groups excluding carboxylic acids is 2. The molecule has 0 aliphatic heterocycles. The summed E-state index contributed by atoms with van der Waals surface area (Å²) in [6.07, 6.45) is -1.78. The lowest BCUT2D eigenvalue weighted by Crippen LogP contribution is -2.32. The molecule has 3 aromatic carbocycles. The van der Waals surface area contributed by atoms with Crippen LogP contribution in [0.3, 0.4) is 0 Å². The zero-order valence-electron chi connectivity index (χ0n) is 17.8. The average molecular weight is 446 g/mol. The van der Waals surface area contributed by atoms with Crippen LogP contribution in [0.15, 0.2) is 72.8 Å². The summed E-state index contributed by atoms with van der Waals surface area (Å²) in [5, 5.41) is 11.4. The van der Waals surface area contributed by atoms with E-state index in [1.54, 1.807) is 0 Å². The quantitative estimate of drug-likeness (QED) is 0.469. The third kappa shape index (κ3) is 4.86. The molecular formula is C25H22N2O6. The van der Waals surface area contributed by atoms with Gasteiger partial charge in [-0.15, -0.1) is 0 Å². The third-order valence-corrected chi connectivity index (χ3v) is 5.41. The molecule has 33 heavy (non-hydrogen) atoms. The first kappa shape index (κ1) is 22.0. The molecule has 1 unspecified atom stereocenters. The number of carboxylic acids is 1. The Balaban J connectivity index is 1.33. The summed E-state index contributed by atoms with van der Waals surface area (Å²) in [5.41, 5.74) is 7.32. The Morgan fingerprint density at radius 2 is 1.48 bits per heavy atom. The van der Waals surface area contributed by atoms with E-state index in [1.807, 2.05) is 36.4 Å². The number of hydroxylamine groups is 1. The van der Waals surface area contributed by atoms with Gasteiger partial charge in [0.25, 0.3) is 5.91 Å². The number of aliphatic carboxylic acids is 1. The highest BCUT2D eigenvalue weighted by molar-refractivity contribution is 5.94. The number of benzene rings is 3. The second kappa shape index (κ2) is 9.54. The largest absolute Gasteiger partial charge is 0.479 e. The zero-order chi connectivity index (χ0) is 23.4. The van der Waals surface area contributed by atoms with E-state index < -0.39 is 24.1 Å². The van der Waals surface area contributed by atoms with Crippen LogP contribution in [-0.4, -0.2) is 35.8 Å². The minimum atomic E-state index is -1.20. The Kier molecular flexibility index (Phi) is 6.37. The minimum absolute atomic E-state index is 0.0394. The lowest BCUT2D eigenvalue weighted by atomic mass is 9.98. The normalized spacial score (nSPS) is 12.9. The standard InChI is InChI=1S/C25H22N2O6/c1-15(24(29)30)33-27-23(28)16-10-12-17(13-11-16)26-25(31)32-14-22-20-8-4-2-6-18(20)19-7-3-5-9-21(19)22/h2-13,15,22H,14H2,1H3,(H,26,31)(H,27,28)(H,29,30). The molecule has 1 aliphatic rings. The van der Waals surface area contributed by atoms with Crippen LogP contribution in [0.2, 0.25) is 0 Å². The molecule has 4 rings (SSSR count). The molecule has 168 valence electrons. The van der Waals surface area contributed by atoms with Crippen molar-refractivity contribution in [2.75, 3.05) is 11.9 Å². The molecule has 1 atom stereocenters. The van der Waals surface area contributed by atoms with E-state index in [2.05, 4.69) is 22.9 Å². The van der Waals surface area contributed by atoms with E-state index in [4.69, 9.17) is 14.7 Å². The van der Waals surface area contributed by atoms with Crippen LogP contribution >= 0.6 is 0 Å². The molecule has 8 nitrogen and oxygen atoms in total. The number of fused-ring (bicyclic) bond motifs is 3. The van der Waals surface area contributed by atoms with Gasteiger partial charge in [0.05, 0.1) is 0 Å². The second-order valence-electron chi connectivity index (χ2n) is 7.56. The van der Waals surface area contributed by atoms with Gasteiger partial charge in [0.15, 0.2) is 6.10 Å². The molecule has 0 saturated heterocycles. The van der Waals surface area contributed by atoms with E-state index in [0.29, 0.717) is 5.69 Å². The number of anilines is 1. The number of amides is 2. The van der Waals surface area contributed by atoms with E-state index in [9.17, 15) is 14.4 Å². The van der Waals surface area contributed by atoms with Gasteiger partial charge in [-0.2, -0.15) is 0 Å². The smallest absolute Gasteiger partial charge is 0.411 e. The molecule has 0 bridgehead atoms. The summed E-state index contributed by atoms with van der Waals surface area (Å²) in [5.74, 6) is -1.84. The highest BCUT2D eigenvalue weighted by Crippen LogP contribution is 2.44. The van der Waals surface area contributed by atoms with Crippen molar-refractivity contribution in [3.63, 3.8) is 0 Å². The van der Waals surface area contributed by atoms with E-state index in [0.717, 1.165) is 22.3 Å². The molecule has 1 aliphatic carbocycles. The minimum Gasteiger partial charge on any atom is -0.479 e. The first-order valence-electron chi connectivity index (χ1n) is 10.3. The van der Waals surface area contributed by atoms with Gasteiger partial charge >= 0.3 is 12.1 Å². The number of carboxylic acid groups (broad SMARTS) is 1. The van der Waals surface area contributed by atoms with Crippen molar-refractivity contribution in [1.82, 2.24) is 5.48 Å². The Morgan fingerprint density at radius 1 is 0.909 bits per heavy atom. The van der Waals surface area contributed by atoms with Crippen molar-refractivity contribution in [3.8, 4) is 11.1 Å². The zero-order valence-corrected chi connectivity index (χ0v) is 17.8. The van der Waals surface area contributed by atoms with Crippen molar-refractivity contribution in [2.24, 2.45) is 0 Å². The lowest BCUT2D eigenvalue weighted by molar-refractivity contribution is -0.152. The Hall–Kier alpha value is -4.17. The molecule has 2 amide bonds. The summed E-state index contributed by atoms with van der Waals surface area (Å²) >= 11 is 0. The van der Waals surface area contributed by atoms with Crippen LogP contribution in [0.4, 0.5) is 10.5 Å². The molecule has 0 saturated carbocycles. The topological polar surface area (TPSA) is 114 Å². The van der Waals surface area contributed by atoms with E-state index in [-0.39, 0.29) is 18.1 Å². The summed E-state index contributed by atoms with van der Waals surface area (Å²) < 4.78 is 5.50. The van der Waals surface area contributed by atoms with Crippen molar-refractivity contribution >= 4 is 23.7 Å². The molecule has 3 N–H and O–H groups in total. The Bertz CT molecular complexity index is 1150. The molecule has 0 heterocycles. The number of hydrogen-bond acceptors (Lipinski definition) is 5. The molecule has 8 heteroatoms. The highest BCUT2D eigenvalue weighted by atomic mass is 16.7. The summed E-state index contributed by atoms with van der Waals surface area (Å²) in [4.78, 5) is 39.9. The molecule has 0 fully saturated rings. The average Bonchev–Trinajstić information content (AvgIpc) is 3.15. The maximum absolute atomic E-state index is 12.4. The van der Waals surface area contributed by atoms with Crippen LogP contribution < -0.4 is 10.8 Å². The SMILES string of the molecule is CC(ONC(=O)c1ccc(NC(=O)OCC2c3ccccc3-c3ccccc32)cc1)C(=O)O. The van der Waals surface area contributed by atoms with E-state index in [1.165, 1.54) is 31.2 Å². The molecule has 0 spiro atoms. The van der Waals surface area contributed by atoms with Crippen molar-refractivity contribution < 1.29 is 29.1 Å². The first-order chi connectivity index (χ1) is 15.9. The predicted octanol–water partition coefficient (Wildman–Crippen LogP) is 4.18. The van der Waals surface area contributed by atoms with Gasteiger partial charge in [-0.3, -0.25) is 14.9 Å². The molecule has 0 aromatic heterocycles. The lowest BCUT2D eigenvalue weighted by Gasteiger charge is -2.14. The van der Waals surface area contributed by atoms with Crippen LogP contribution in [0.1, 0.15) is 34.3 Å². The van der Waals surface area contributed by atoms with Gasteiger partial charge in [0.1, 0.15) is 6.61 Å². The third-order valence-electron chi connectivity index (χ3n) is 5.41. The van der Waals surface area contributed by atoms with Gasteiger partial charge in [0, 0.05) is 17.2 Å². The highest BCUT2D eigenvalue weighted by Gasteiger charge is 2.29. The molecule has 0 radical (unpaired) electrons. The number of ether oxygens (including phenoxy) is 1. The fourth-order valence-electron chi connectivity index (χ4n) is 3.71. The number of hydrogen-bond donors (Lipinski definition) is 3. The number of rotatable bonds is 7. The van der Waals surface area contributed by atoms with E-state index >= 15 is 0 Å². The number of nitrogens with one attached hydrogen (secondary N) is 2.